The summed E-state index contributed by atoms with van der Waals surface area (Å²) in [6.07, 6.45) is 0.425. The Morgan fingerprint density at radius 3 is 2.19 bits per heavy atom. The van der Waals surface area contributed by atoms with Gasteiger partial charge in [-0.1, -0.05) is 48.5 Å². The highest BCUT2D eigenvalue weighted by Crippen LogP contribution is 2.40. The summed E-state index contributed by atoms with van der Waals surface area (Å²) in [5.74, 6) is 0.0807. The lowest BCUT2D eigenvalue weighted by Crippen LogP contribution is -2.31. The topological polar surface area (TPSA) is 106 Å². The van der Waals surface area contributed by atoms with E-state index in [1.165, 1.54) is 17.0 Å². The third kappa shape index (κ3) is 6.18. The molecule has 2 N–H and O–H groups in total. The second-order valence-corrected chi connectivity index (χ2v) is 10.3. The van der Waals surface area contributed by atoms with Gasteiger partial charge in [0.25, 0.3) is 11.7 Å². The van der Waals surface area contributed by atoms with Crippen molar-refractivity contribution in [2.24, 2.45) is 0 Å². The summed E-state index contributed by atoms with van der Waals surface area (Å²) in [6, 6.07) is 25.9. The number of methoxy groups -OCH3 is 2. The van der Waals surface area contributed by atoms with Crippen molar-refractivity contribution in [2.45, 2.75) is 26.0 Å². The SMILES string of the molecule is COc1ccc(CCN2C(=O)C(=O)/C(=C(\O)c3ccc(OCc4ccccc4)c(C)c3)C2c2ccc(O)cc2)cc1OC. The van der Waals surface area contributed by atoms with Crippen molar-refractivity contribution in [3.63, 3.8) is 0 Å². The molecule has 5 rings (SSSR count). The molecule has 1 aliphatic heterocycles. The zero-order valence-corrected chi connectivity index (χ0v) is 24.2. The predicted octanol–water partition coefficient (Wildman–Crippen LogP) is 5.96. The Labute approximate surface area is 250 Å². The number of ether oxygens (including phenoxy) is 3. The number of rotatable bonds is 10. The number of amides is 1. The minimum atomic E-state index is -0.852. The predicted molar refractivity (Wildman–Crippen MR) is 162 cm³/mol. The zero-order chi connectivity index (χ0) is 30.5. The van der Waals surface area contributed by atoms with Crippen LogP contribution in [0.1, 0.15) is 33.9 Å². The van der Waals surface area contributed by atoms with Gasteiger partial charge in [-0.05, 0) is 78.1 Å². The number of aromatic hydroxyl groups is 1. The van der Waals surface area contributed by atoms with E-state index in [9.17, 15) is 19.8 Å². The molecule has 43 heavy (non-hydrogen) atoms. The van der Waals surface area contributed by atoms with Crippen LogP contribution in [0.25, 0.3) is 5.76 Å². The molecule has 220 valence electrons. The normalized spacial score (nSPS) is 15.9. The minimum absolute atomic E-state index is 0.0136. The highest BCUT2D eigenvalue weighted by atomic mass is 16.5. The molecule has 1 amide bonds. The number of aliphatic hydroxyl groups is 1. The first-order valence-corrected chi connectivity index (χ1v) is 13.9. The number of phenolic OH excluding ortho intramolecular Hbond substituents is 1. The quantitative estimate of drug-likeness (QED) is 0.136. The van der Waals surface area contributed by atoms with Crippen LogP contribution in [0, 0.1) is 6.92 Å². The van der Waals surface area contributed by atoms with Crippen molar-refractivity contribution < 1.29 is 34.0 Å². The van der Waals surface area contributed by atoms with Gasteiger partial charge in [-0.2, -0.15) is 0 Å². The number of carbonyl (C=O) groups excluding carboxylic acids is 2. The highest BCUT2D eigenvalue weighted by molar-refractivity contribution is 6.46. The fourth-order valence-electron chi connectivity index (χ4n) is 5.25. The van der Waals surface area contributed by atoms with Crippen LogP contribution in [0.4, 0.5) is 0 Å². The average molecular weight is 580 g/mol. The van der Waals surface area contributed by atoms with Crippen LogP contribution in [-0.4, -0.2) is 47.6 Å². The maximum atomic E-state index is 13.5. The largest absolute Gasteiger partial charge is 0.508 e. The van der Waals surface area contributed by atoms with Crippen LogP contribution >= 0.6 is 0 Å². The Bertz CT molecular complexity index is 1660. The van der Waals surface area contributed by atoms with Gasteiger partial charge in [0.1, 0.15) is 23.9 Å². The van der Waals surface area contributed by atoms with E-state index in [1.807, 2.05) is 49.4 Å². The highest BCUT2D eigenvalue weighted by Gasteiger charge is 2.45. The first-order chi connectivity index (χ1) is 20.8. The molecular formula is C35H33NO7. The number of nitrogens with zero attached hydrogens (tertiary/aromatic N) is 1. The van der Waals surface area contributed by atoms with E-state index in [4.69, 9.17) is 14.2 Å². The first-order valence-electron chi connectivity index (χ1n) is 13.9. The molecule has 0 radical (unpaired) electrons. The number of ketones is 1. The van der Waals surface area contributed by atoms with Crippen molar-refractivity contribution in [1.82, 2.24) is 4.90 Å². The molecule has 8 nitrogen and oxygen atoms in total. The molecule has 1 aliphatic rings. The van der Waals surface area contributed by atoms with Gasteiger partial charge in [-0.15, -0.1) is 0 Å². The molecule has 1 heterocycles. The number of phenols is 1. The van der Waals surface area contributed by atoms with E-state index in [-0.39, 0.29) is 23.6 Å². The number of benzene rings is 4. The van der Waals surface area contributed by atoms with Crippen LogP contribution < -0.4 is 14.2 Å². The summed E-state index contributed by atoms with van der Waals surface area (Å²) in [4.78, 5) is 28.3. The molecule has 0 aliphatic carbocycles. The van der Waals surface area contributed by atoms with E-state index < -0.39 is 17.7 Å². The van der Waals surface area contributed by atoms with Crippen LogP contribution in [0.5, 0.6) is 23.0 Å². The third-order valence-electron chi connectivity index (χ3n) is 7.52. The Morgan fingerprint density at radius 1 is 0.814 bits per heavy atom. The number of Topliss-reactive ketones (excluding diaryl/α,β-unsaturated/α-hetero) is 1. The van der Waals surface area contributed by atoms with Gasteiger partial charge in [0.15, 0.2) is 11.5 Å². The lowest BCUT2D eigenvalue weighted by Gasteiger charge is -2.25. The van der Waals surface area contributed by atoms with Crippen LogP contribution in [-0.2, 0) is 22.6 Å². The van der Waals surface area contributed by atoms with Crippen LogP contribution in [0.15, 0.2) is 96.6 Å². The lowest BCUT2D eigenvalue weighted by atomic mass is 9.94. The molecule has 1 atom stereocenters. The van der Waals surface area contributed by atoms with Crippen molar-refractivity contribution >= 4 is 17.4 Å². The molecule has 1 saturated heterocycles. The number of likely N-dealkylation sites (tertiary alicyclic amines) is 1. The minimum Gasteiger partial charge on any atom is -0.508 e. The molecule has 4 aromatic carbocycles. The Balaban J connectivity index is 1.47. The van der Waals surface area contributed by atoms with Crippen LogP contribution in [0.2, 0.25) is 0 Å². The van der Waals surface area contributed by atoms with Gasteiger partial charge < -0.3 is 29.3 Å². The van der Waals surface area contributed by atoms with Gasteiger partial charge in [0.05, 0.1) is 25.8 Å². The van der Waals surface area contributed by atoms with Crippen molar-refractivity contribution in [1.29, 1.82) is 0 Å². The molecule has 0 bridgehead atoms. The number of carbonyl (C=O) groups is 2. The molecular weight excluding hydrogens is 546 g/mol. The molecule has 0 saturated carbocycles. The second-order valence-electron chi connectivity index (χ2n) is 10.3. The lowest BCUT2D eigenvalue weighted by molar-refractivity contribution is -0.139. The summed E-state index contributed by atoms with van der Waals surface area (Å²) in [5, 5.41) is 21.4. The summed E-state index contributed by atoms with van der Waals surface area (Å²) in [6.45, 7) is 2.45. The van der Waals surface area contributed by atoms with Gasteiger partial charge in [0, 0.05) is 12.1 Å². The molecule has 4 aromatic rings. The standard InChI is InChI=1S/C35H33NO7/c1-22-19-26(12-16-28(22)43-21-24-7-5-4-6-8-24)33(38)31-32(25-10-13-27(37)14-11-25)36(35(40)34(31)39)18-17-23-9-15-29(41-2)30(20-23)42-3/h4-16,19-20,32,37-38H,17-18,21H2,1-3H3/b33-31-. The fourth-order valence-corrected chi connectivity index (χ4v) is 5.25. The maximum Gasteiger partial charge on any atom is 0.295 e. The summed E-state index contributed by atoms with van der Waals surface area (Å²) in [7, 11) is 3.11. The Hall–Kier alpha value is -5.24. The fraction of sp³-hybridized carbons (Fsp3) is 0.200. The van der Waals surface area contributed by atoms with E-state index in [0.717, 1.165) is 16.7 Å². The molecule has 1 fully saturated rings. The smallest absolute Gasteiger partial charge is 0.295 e. The van der Waals surface area contributed by atoms with Gasteiger partial charge in [-0.25, -0.2) is 0 Å². The van der Waals surface area contributed by atoms with Crippen molar-refractivity contribution in [2.75, 3.05) is 20.8 Å². The van der Waals surface area contributed by atoms with Crippen LogP contribution in [0.3, 0.4) is 0 Å². The number of aliphatic hydroxyl groups excluding tert-OH is 1. The van der Waals surface area contributed by atoms with Gasteiger partial charge in [0.2, 0.25) is 0 Å². The first kappa shape index (κ1) is 29.3. The Kier molecular flexibility index (Phi) is 8.66. The van der Waals surface area contributed by atoms with E-state index in [2.05, 4.69) is 0 Å². The molecule has 1 unspecified atom stereocenters. The van der Waals surface area contributed by atoms with Gasteiger partial charge >= 0.3 is 0 Å². The average Bonchev–Trinajstić information content (AvgIpc) is 3.28. The number of aryl methyl sites for hydroxylation is 1. The zero-order valence-electron chi connectivity index (χ0n) is 24.2. The van der Waals surface area contributed by atoms with E-state index in [0.29, 0.717) is 41.4 Å². The molecule has 0 aromatic heterocycles. The number of hydrogen-bond donors (Lipinski definition) is 2. The monoisotopic (exact) mass is 579 g/mol. The van der Waals surface area contributed by atoms with Crippen molar-refractivity contribution in [3.05, 3.63) is 124 Å². The third-order valence-corrected chi connectivity index (χ3v) is 7.52. The number of hydrogen-bond acceptors (Lipinski definition) is 7. The Morgan fingerprint density at radius 2 is 1.51 bits per heavy atom. The molecule has 8 heteroatoms. The van der Waals surface area contributed by atoms with E-state index >= 15 is 0 Å². The summed E-state index contributed by atoms with van der Waals surface area (Å²) < 4.78 is 16.7. The van der Waals surface area contributed by atoms with E-state index in [1.54, 1.807) is 50.6 Å². The van der Waals surface area contributed by atoms with Crippen molar-refractivity contribution in [3.8, 4) is 23.0 Å². The maximum absolute atomic E-state index is 13.5. The summed E-state index contributed by atoms with van der Waals surface area (Å²) >= 11 is 0. The second kappa shape index (κ2) is 12.7. The van der Waals surface area contributed by atoms with Gasteiger partial charge in [-0.3, -0.25) is 9.59 Å². The summed E-state index contributed by atoms with van der Waals surface area (Å²) in [5.41, 5.74) is 3.64. The molecule has 0 spiro atoms.